The summed E-state index contributed by atoms with van der Waals surface area (Å²) in [6.45, 7) is 6.17. The van der Waals surface area contributed by atoms with E-state index in [-0.39, 0.29) is 0 Å². The Morgan fingerprint density at radius 2 is 1.67 bits per heavy atom. The number of aryl methyl sites for hydroxylation is 3. The van der Waals surface area contributed by atoms with E-state index >= 15 is 0 Å². The molecule has 0 aliphatic carbocycles. The molecule has 4 nitrogen and oxygen atoms in total. The molecule has 94 valence electrons. The Hall–Kier alpha value is -2.10. The number of nitrogens with zero attached hydrogens (tertiary/aromatic N) is 2. The second-order valence-electron chi connectivity index (χ2n) is 4.48. The van der Waals surface area contributed by atoms with Crippen LogP contribution in [0.5, 0.6) is 0 Å². The Labute approximate surface area is 107 Å². The normalized spacial score (nSPS) is 10.2. The van der Waals surface area contributed by atoms with Crippen molar-refractivity contribution in [3.8, 4) is 0 Å². The summed E-state index contributed by atoms with van der Waals surface area (Å²) < 4.78 is 0. The first kappa shape index (κ1) is 12.4. The second-order valence-corrected chi connectivity index (χ2v) is 4.48. The van der Waals surface area contributed by atoms with Gasteiger partial charge in [0.05, 0.1) is 0 Å². The van der Waals surface area contributed by atoms with Gasteiger partial charge in [-0.1, -0.05) is 6.07 Å². The van der Waals surface area contributed by atoms with Gasteiger partial charge in [0.1, 0.15) is 5.82 Å². The summed E-state index contributed by atoms with van der Waals surface area (Å²) in [6, 6.07) is 6.36. The summed E-state index contributed by atoms with van der Waals surface area (Å²) in [5.41, 5.74) is 4.54. The molecule has 0 fully saturated rings. The standard InChI is InChI=1S/C14H18N4/c1-9-5-10(2)7-12(6-9)17-13-11(3)8-16-14(15-4)18-13/h5-8H,1-4H3,(H2,15,16,17,18). The van der Waals surface area contributed by atoms with Crippen LogP contribution < -0.4 is 10.6 Å². The van der Waals surface area contributed by atoms with Gasteiger partial charge >= 0.3 is 0 Å². The van der Waals surface area contributed by atoms with Gasteiger partial charge in [-0.3, -0.25) is 0 Å². The maximum atomic E-state index is 4.41. The van der Waals surface area contributed by atoms with Crippen molar-refractivity contribution in [2.75, 3.05) is 17.7 Å². The molecular formula is C14H18N4. The summed E-state index contributed by atoms with van der Waals surface area (Å²) in [6.07, 6.45) is 1.81. The minimum atomic E-state index is 0.618. The molecule has 2 rings (SSSR count). The van der Waals surface area contributed by atoms with E-state index < -0.39 is 0 Å². The van der Waals surface area contributed by atoms with Crippen LogP contribution in [0.15, 0.2) is 24.4 Å². The van der Waals surface area contributed by atoms with Gasteiger partial charge in [0.2, 0.25) is 5.95 Å². The van der Waals surface area contributed by atoms with Crippen molar-refractivity contribution in [2.24, 2.45) is 0 Å². The average Bonchev–Trinajstić information content (AvgIpc) is 2.30. The van der Waals surface area contributed by atoms with E-state index in [1.165, 1.54) is 11.1 Å². The van der Waals surface area contributed by atoms with E-state index in [0.717, 1.165) is 17.1 Å². The zero-order valence-corrected chi connectivity index (χ0v) is 11.2. The average molecular weight is 242 g/mol. The minimum absolute atomic E-state index is 0.618. The lowest BCUT2D eigenvalue weighted by molar-refractivity contribution is 1.12. The third-order valence-corrected chi connectivity index (χ3v) is 2.68. The highest BCUT2D eigenvalue weighted by atomic mass is 15.1. The number of hydrogen-bond acceptors (Lipinski definition) is 4. The lowest BCUT2D eigenvalue weighted by Crippen LogP contribution is -2.02. The molecule has 2 aromatic rings. The Morgan fingerprint density at radius 3 is 2.28 bits per heavy atom. The van der Waals surface area contributed by atoms with Gasteiger partial charge in [0.15, 0.2) is 0 Å². The largest absolute Gasteiger partial charge is 0.357 e. The van der Waals surface area contributed by atoms with Crippen molar-refractivity contribution in [3.63, 3.8) is 0 Å². The molecule has 2 N–H and O–H groups in total. The van der Waals surface area contributed by atoms with Gasteiger partial charge in [-0.05, 0) is 44.0 Å². The highest BCUT2D eigenvalue weighted by Crippen LogP contribution is 2.21. The maximum Gasteiger partial charge on any atom is 0.224 e. The van der Waals surface area contributed by atoms with E-state index in [4.69, 9.17) is 0 Å². The summed E-state index contributed by atoms with van der Waals surface area (Å²) >= 11 is 0. The van der Waals surface area contributed by atoms with Crippen LogP contribution in [0.4, 0.5) is 17.5 Å². The first-order valence-corrected chi connectivity index (χ1v) is 5.95. The first-order chi connectivity index (χ1) is 8.58. The van der Waals surface area contributed by atoms with Crippen molar-refractivity contribution < 1.29 is 0 Å². The molecule has 0 aliphatic heterocycles. The van der Waals surface area contributed by atoms with Crippen molar-refractivity contribution in [3.05, 3.63) is 41.1 Å². The van der Waals surface area contributed by atoms with Crippen LogP contribution in [0.3, 0.4) is 0 Å². The van der Waals surface area contributed by atoms with Crippen LogP contribution in [0, 0.1) is 20.8 Å². The van der Waals surface area contributed by atoms with E-state index in [0.29, 0.717) is 5.95 Å². The van der Waals surface area contributed by atoms with Gasteiger partial charge in [0.25, 0.3) is 0 Å². The summed E-state index contributed by atoms with van der Waals surface area (Å²) in [7, 11) is 1.81. The van der Waals surface area contributed by atoms with Gasteiger partial charge in [0, 0.05) is 24.5 Å². The Bertz CT molecular complexity index is 543. The molecule has 1 aromatic carbocycles. The van der Waals surface area contributed by atoms with Crippen LogP contribution >= 0.6 is 0 Å². The maximum absolute atomic E-state index is 4.41. The molecule has 0 bridgehead atoms. The minimum Gasteiger partial charge on any atom is -0.357 e. The predicted octanol–water partition coefficient (Wildman–Crippen LogP) is 3.19. The first-order valence-electron chi connectivity index (χ1n) is 5.95. The van der Waals surface area contributed by atoms with Crippen LogP contribution in [-0.4, -0.2) is 17.0 Å². The van der Waals surface area contributed by atoms with Crippen LogP contribution in [0.25, 0.3) is 0 Å². The molecule has 0 unspecified atom stereocenters. The molecule has 0 atom stereocenters. The van der Waals surface area contributed by atoms with Crippen molar-refractivity contribution >= 4 is 17.5 Å². The Balaban J connectivity index is 2.33. The number of hydrogen-bond donors (Lipinski definition) is 2. The van der Waals surface area contributed by atoms with Crippen LogP contribution in [0.2, 0.25) is 0 Å². The zero-order chi connectivity index (χ0) is 13.1. The van der Waals surface area contributed by atoms with E-state index in [1.807, 2.05) is 20.2 Å². The highest BCUT2D eigenvalue weighted by molar-refractivity contribution is 5.61. The molecule has 0 amide bonds. The molecule has 1 aromatic heterocycles. The molecule has 0 saturated heterocycles. The molecular weight excluding hydrogens is 224 g/mol. The number of nitrogens with one attached hydrogen (secondary N) is 2. The molecule has 0 spiro atoms. The third kappa shape index (κ3) is 2.77. The van der Waals surface area contributed by atoms with Gasteiger partial charge < -0.3 is 10.6 Å². The van der Waals surface area contributed by atoms with Crippen molar-refractivity contribution in [2.45, 2.75) is 20.8 Å². The molecule has 0 aliphatic rings. The fourth-order valence-electron chi connectivity index (χ4n) is 1.87. The summed E-state index contributed by atoms with van der Waals surface area (Å²) in [5, 5.41) is 6.28. The van der Waals surface area contributed by atoms with Crippen LogP contribution in [0.1, 0.15) is 16.7 Å². The van der Waals surface area contributed by atoms with Crippen molar-refractivity contribution in [1.82, 2.24) is 9.97 Å². The van der Waals surface area contributed by atoms with E-state index in [2.05, 4.69) is 52.6 Å². The molecule has 18 heavy (non-hydrogen) atoms. The molecule has 4 heteroatoms. The fraction of sp³-hybridized carbons (Fsp3) is 0.286. The lowest BCUT2D eigenvalue weighted by Gasteiger charge is -2.11. The van der Waals surface area contributed by atoms with Crippen molar-refractivity contribution in [1.29, 1.82) is 0 Å². The fourth-order valence-corrected chi connectivity index (χ4v) is 1.87. The SMILES string of the molecule is CNc1ncc(C)c(Nc2cc(C)cc(C)c2)n1. The van der Waals surface area contributed by atoms with E-state index in [1.54, 1.807) is 0 Å². The summed E-state index contributed by atoms with van der Waals surface area (Å²) in [4.78, 5) is 8.58. The monoisotopic (exact) mass is 242 g/mol. The topological polar surface area (TPSA) is 49.8 Å². The third-order valence-electron chi connectivity index (χ3n) is 2.68. The number of rotatable bonds is 3. The van der Waals surface area contributed by atoms with Gasteiger partial charge in [-0.2, -0.15) is 4.98 Å². The zero-order valence-electron chi connectivity index (χ0n) is 11.2. The quantitative estimate of drug-likeness (QED) is 0.868. The lowest BCUT2D eigenvalue weighted by atomic mass is 10.1. The van der Waals surface area contributed by atoms with Gasteiger partial charge in [-0.15, -0.1) is 0 Å². The predicted molar refractivity (Wildman–Crippen MR) is 75.5 cm³/mol. The molecule has 0 saturated carbocycles. The molecule has 1 heterocycles. The van der Waals surface area contributed by atoms with Gasteiger partial charge in [-0.25, -0.2) is 4.98 Å². The summed E-state index contributed by atoms with van der Waals surface area (Å²) in [5.74, 6) is 1.45. The van der Waals surface area contributed by atoms with Crippen LogP contribution in [-0.2, 0) is 0 Å². The Kier molecular flexibility index (Phi) is 3.46. The number of aromatic nitrogens is 2. The number of anilines is 3. The molecule has 0 radical (unpaired) electrons. The van der Waals surface area contributed by atoms with E-state index in [9.17, 15) is 0 Å². The smallest absolute Gasteiger partial charge is 0.224 e. The highest BCUT2D eigenvalue weighted by Gasteiger charge is 2.04. The second kappa shape index (κ2) is 5.04. The number of benzene rings is 1. The Morgan fingerprint density at radius 1 is 1.00 bits per heavy atom.